The molecule has 9 heteroatoms. The van der Waals surface area contributed by atoms with Crippen LogP contribution in [-0.2, 0) is 10.0 Å². The predicted molar refractivity (Wildman–Crippen MR) is 134 cm³/mol. The highest BCUT2D eigenvalue weighted by Gasteiger charge is 2.24. The lowest BCUT2D eigenvalue weighted by molar-refractivity contribution is 0.0997. The van der Waals surface area contributed by atoms with E-state index in [2.05, 4.69) is 0 Å². The number of rotatable bonds is 7. The maximum atomic E-state index is 13.3. The van der Waals surface area contributed by atoms with Gasteiger partial charge in [-0.3, -0.25) is 9.10 Å². The Kier molecular flexibility index (Phi) is 6.58. The molecule has 1 amide bonds. The van der Waals surface area contributed by atoms with Gasteiger partial charge in [0.25, 0.3) is 15.9 Å². The summed E-state index contributed by atoms with van der Waals surface area (Å²) in [6.45, 7) is 2.01. The van der Waals surface area contributed by atoms with Crippen LogP contribution in [0.4, 0.5) is 15.8 Å². The van der Waals surface area contributed by atoms with Gasteiger partial charge in [0.15, 0.2) is 0 Å². The Labute approximate surface area is 201 Å². The van der Waals surface area contributed by atoms with Crippen molar-refractivity contribution in [3.63, 3.8) is 0 Å². The molecule has 3 aromatic carbocycles. The van der Waals surface area contributed by atoms with Crippen molar-refractivity contribution in [1.29, 1.82) is 0 Å². The van der Waals surface area contributed by atoms with E-state index in [9.17, 15) is 17.6 Å². The number of carbonyl (C=O) groups is 1. The Balaban J connectivity index is 1.65. The summed E-state index contributed by atoms with van der Waals surface area (Å²) >= 11 is 1.32. The molecule has 0 atom stereocenters. The third kappa shape index (κ3) is 4.49. The van der Waals surface area contributed by atoms with E-state index in [0.717, 1.165) is 10.1 Å². The van der Waals surface area contributed by atoms with Crippen LogP contribution in [0.2, 0.25) is 0 Å². The molecule has 0 saturated carbocycles. The fourth-order valence-electron chi connectivity index (χ4n) is 3.60. The summed E-state index contributed by atoms with van der Waals surface area (Å²) in [7, 11) is -0.632. The van der Waals surface area contributed by atoms with Crippen molar-refractivity contribution in [2.24, 2.45) is 0 Å². The molecule has 0 aliphatic heterocycles. The van der Waals surface area contributed by atoms with Gasteiger partial charge in [-0.25, -0.2) is 12.8 Å². The van der Waals surface area contributed by atoms with Gasteiger partial charge in [0.05, 0.1) is 22.6 Å². The summed E-state index contributed by atoms with van der Waals surface area (Å²) in [4.78, 5) is 15.1. The van der Waals surface area contributed by atoms with Crippen molar-refractivity contribution in [3.8, 4) is 5.75 Å². The molecular weight excluding hydrogens is 475 g/mol. The van der Waals surface area contributed by atoms with Crippen LogP contribution in [0.15, 0.2) is 77.7 Å². The van der Waals surface area contributed by atoms with E-state index in [-0.39, 0.29) is 23.2 Å². The lowest BCUT2D eigenvalue weighted by atomic mass is 10.2. The lowest BCUT2D eigenvalue weighted by Gasteiger charge is -2.23. The van der Waals surface area contributed by atoms with E-state index in [4.69, 9.17) is 4.74 Å². The number of ether oxygens (including phenoxy) is 1. The van der Waals surface area contributed by atoms with E-state index in [1.54, 1.807) is 56.4 Å². The highest BCUT2D eigenvalue weighted by Crippen LogP contribution is 2.33. The van der Waals surface area contributed by atoms with Crippen LogP contribution in [0, 0.1) is 5.82 Å². The zero-order valence-electron chi connectivity index (χ0n) is 18.9. The zero-order chi connectivity index (χ0) is 24.5. The normalized spacial score (nSPS) is 11.4. The summed E-state index contributed by atoms with van der Waals surface area (Å²) < 4.78 is 47.1. The average molecular weight is 499 g/mol. The van der Waals surface area contributed by atoms with Gasteiger partial charge in [-0.15, -0.1) is 11.3 Å². The number of fused-ring (bicyclic) bond motifs is 1. The van der Waals surface area contributed by atoms with Crippen molar-refractivity contribution in [2.45, 2.75) is 11.8 Å². The maximum absolute atomic E-state index is 13.3. The second-order valence-corrected chi connectivity index (χ2v) is 10.5. The van der Waals surface area contributed by atoms with E-state index in [0.29, 0.717) is 22.0 Å². The van der Waals surface area contributed by atoms with Crippen molar-refractivity contribution in [1.82, 2.24) is 0 Å². The van der Waals surface area contributed by atoms with Gasteiger partial charge in [-0.05, 0) is 85.1 Å². The van der Waals surface area contributed by atoms with Crippen LogP contribution in [0.25, 0.3) is 10.1 Å². The third-order valence-electron chi connectivity index (χ3n) is 5.45. The molecular formula is C25H23FN2O4S2. The fourth-order valence-corrected chi connectivity index (χ4v) is 6.09. The summed E-state index contributed by atoms with van der Waals surface area (Å²) in [5, 5.41) is 0.765. The van der Waals surface area contributed by atoms with Crippen LogP contribution in [0.1, 0.15) is 16.6 Å². The third-order valence-corrected chi connectivity index (χ3v) is 8.47. The van der Waals surface area contributed by atoms with Gasteiger partial charge >= 0.3 is 0 Å². The Morgan fingerprint density at radius 1 is 0.971 bits per heavy atom. The molecule has 1 heterocycles. The largest absolute Gasteiger partial charge is 0.497 e. The van der Waals surface area contributed by atoms with Crippen molar-refractivity contribution < 1.29 is 22.3 Å². The minimum atomic E-state index is -3.78. The van der Waals surface area contributed by atoms with Crippen LogP contribution in [0.3, 0.4) is 0 Å². The minimum absolute atomic E-state index is 0.164. The summed E-state index contributed by atoms with van der Waals surface area (Å²) in [5.74, 6) is -0.0267. The van der Waals surface area contributed by atoms with Crippen LogP contribution in [-0.4, -0.2) is 35.0 Å². The summed E-state index contributed by atoms with van der Waals surface area (Å²) in [6.07, 6.45) is 0. The molecule has 0 spiro atoms. The van der Waals surface area contributed by atoms with Crippen LogP contribution >= 0.6 is 11.3 Å². The number of amides is 1. The Morgan fingerprint density at radius 2 is 1.62 bits per heavy atom. The molecule has 0 aliphatic rings. The van der Waals surface area contributed by atoms with Crippen molar-refractivity contribution in [3.05, 3.63) is 83.5 Å². The second kappa shape index (κ2) is 9.44. The second-order valence-electron chi connectivity index (χ2n) is 7.52. The standard InChI is InChI=1S/C25H23FN2O4S2/c1-4-28(34(30,31)22-12-10-21(32-3)11-13-22)20-9-14-23-17(15-20)16-24(33-23)25(29)27(2)19-7-5-18(26)6-8-19/h5-16H,4H2,1-3H3. The average Bonchev–Trinajstić information content (AvgIpc) is 3.27. The zero-order valence-corrected chi connectivity index (χ0v) is 20.5. The summed E-state index contributed by atoms with van der Waals surface area (Å²) in [6, 6.07) is 19.0. The van der Waals surface area contributed by atoms with Gasteiger partial charge in [0.1, 0.15) is 11.6 Å². The molecule has 0 aliphatic carbocycles. The first-order chi connectivity index (χ1) is 16.2. The summed E-state index contributed by atoms with van der Waals surface area (Å²) in [5.41, 5.74) is 1.08. The van der Waals surface area contributed by atoms with Crippen LogP contribution < -0.4 is 13.9 Å². The quantitative estimate of drug-likeness (QED) is 0.336. The highest BCUT2D eigenvalue weighted by atomic mass is 32.2. The first-order valence-corrected chi connectivity index (χ1v) is 12.7. The smallest absolute Gasteiger partial charge is 0.268 e. The number of halogens is 1. The lowest BCUT2D eigenvalue weighted by Crippen LogP contribution is -2.30. The first-order valence-electron chi connectivity index (χ1n) is 10.5. The van der Waals surface area contributed by atoms with Gasteiger partial charge < -0.3 is 9.64 Å². The number of thiophene rings is 1. The molecule has 0 saturated heterocycles. The Hall–Kier alpha value is -3.43. The molecule has 0 N–H and O–H groups in total. The fraction of sp³-hybridized carbons (Fsp3) is 0.160. The van der Waals surface area contributed by atoms with Gasteiger partial charge in [-0.1, -0.05) is 0 Å². The monoisotopic (exact) mass is 498 g/mol. The molecule has 0 bridgehead atoms. The predicted octanol–water partition coefficient (Wildman–Crippen LogP) is 5.54. The molecule has 34 heavy (non-hydrogen) atoms. The van der Waals surface area contributed by atoms with Crippen molar-refractivity contribution in [2.75, 3.05) is 29.9 Å². The number of methoxy groups -OCH3 is 1. The Bertz CT molecular complexity index is 1430. The van der Waals surface area contributed by atoms with Crippen LogP contribution in [0.5, 0.6) is 5.75 Å². The molecule has 0 unspecified atom stereocenters. The maximum Gasteiger partial charge on any atom is 0.268 e. The van der Waals surface area contributed by atoms with E-state index in [1.807, 2.05) is 6.07 Å². The number of hydrogen-bond donors (Lipinski definition) is 0. The molecule has 0 radical (unpaired) electrons. The molecule has 6 nitrogen and oxygen atoms in total. The van der Waals surface area contributed by atoms with E-state index < -0.39 is 10.0 Å². The number of benzene rings is 3. The number of sulfonamides is 1. The van der Waals surface area contributed by atoms with Gasteiger partial charge in [0, 0.05) is 24.0 Å². The highest BCUT2D eigenvalue weighted by molar-refractivity contribution is 7.92. The minimum Gasteiger partial charge on any atom is -0.497 e. The Morgan fingerprint density at radius 3 is 2.24 bits per heavy atom. The number of hydrogen-bond acceptors (Lipinski definition) is 5. The number of nitrogens with zero attached hydrogens (tertiary/aromatic N) is 2. The molecule has 4 rings (SSSR count). The molecule has 176 valence electrons. The van der Waals surface area contributed by atoms with E-state index >= 15 is 0 Å². The number of anilines is 2. The van der Waals surface area contributed by atoms with Crippen molar-refractivity contribution >= 4 is 48.7 Å². The van der Waals surface area contributed by atoms with Gasteiger partial charge in [-0.2, -0.15) is 0 Å². The molecule has 4 aromatic rings. The first kappa shape index (κ1) is 23.7. The van der Waals surface area contributed by atoms with E-state index in [1.165, 1.54) is 51.9 Å². The number of carbonyl (C=O) groups excluding carboxylic acids is 1. The SMILES string of the molecule is CCN(c1ccc2sc(C(=O)N(C)c3ccc(F)cc3)cc2c1)S(=O)(=O)c1ccc(OC)cc1. The van der Waals surface area contributed by atoms with Gasteiger partial charge in [0.2, 0.25) is 0 Å². The molecule has 1 aromatic heterocycles. The molecule has 0 fully saturated rings. The topological polar surface area (TPSA) is 66.9 Å².